The minimum Gasteiger partial charge on any atom is -0.289 e. The van der Waals surface area contributed by atoms with E-state index >= 15 is 0 Å². The first-order chi connectivity index (χ1) is 10.2. The van der Waals surface area contributed by atoms with Crippen LogP contribution >= 0.6 is 11.6 Å². The van der Waals surface area contributed by atoms with Crippen molar-refractivity contribution in [3.05, 3.63) is 75.8 Å². The predicted molar refractivity (Wildman–Crippen MR) is 87.9 cm³/mol. The topological polar surface area (TPSA) is 17.1 Å². The molecule has 0 saturated carbocycles. The van der Waals surface area contributed by atoms with E-state index < -0.39 is 0 Å². The van der Waals surface area contributed by atoms with Crippen molar-refractivity contribution in [3.63, 3.8) is 0 Å². The molecule has 0 aromatic heterocycles. The van der Waals surface area contributed by atoms with Crippen LogP contribution in [0.2, 0.25) is 5.02 Å². The molecule has 0 aliphatic heterocycles. The third kappa shape index (κ3) is 3.25. The van der Waals surface area contributed by atoms with Crippen LogP contribution in [0.3, 0.4) is 0 Å². The van der Waals surface area contributed by atoms with E-state index in [0.29, 0.717) is 5.02 Å². The minimum absolute atomic E-state index is 0.0308. The molecule has 1 aliphatic rings. The molecule has 0 radical (unpaired) electrons. The summed E-state index contributed by atoms with van der Waals surface area (Å²) in [6.45, 7) is 0. The van der Waals surface area contributed by atoms with E-state index in [9.17, 15) is 4.79 Å². The number of allylic oxidation sites excluding steroid dienone is 1. The molecule has 21 heavy (non-hydrogen) atoms. The molecule has 1 nitrogen and oxygen atoms in total. The Bertz CT molecular complexity index is 700. The lowest BCUT2D eigenvalue weighted by molar-refractivity contribution is 0.104. The fourth-order valence-corrected chi connectivity index (χ4v) is 2.96. The molecule has 2 aromatic rings. The zero-order valence-corrected chi connectivity index (χ0v) is 12.6. The van der Waals surface area contributed by atoms with Crippen LogP contribution in [0.15, 0.2) is 48.5 Å². The van der Waals surface area contributed by atoms with Gasteiger partial charge in [0.2, 0.25) is 0 Å². The summed E-state index contributed by atoms with van der Waals surface area (Å²) in [5, 5.41) is 0.659. The van der Waals surface area contributed by atoms with Gasteiger partial charge in [0, 0.05) is 10.6 Å². The van der Waals surface area contributed by atoms with Gasteiger partial charge in [0.05, 0.1) is 0 Å². The summed E-state index contributed by atoms with van der Waals surface area (Å²) in [5.41, 5.74) is 4.36. The van der Waals surface area contributed by atoms with E-state index in [4.69, 9.17) is 11.6 Å². The molecule has 0 fully saturated rings. The Morgan fingerprint density at radius 3 is 2.57 bits per heavy atom. The van der Waals surface area contributed by atoms with Crippen LogP contribution in [0.1, 0.15) is 39.9 Å². The second-order valence-electron chi connectivity index (χ2n) is 5.41. The zero-order valence-electron chi connectivity index (χ0n) is 11.8. The largest absolute Gasteiger partial charge is 0.289 e. The van der Waals surface area contributed by atoms with Crippen molar-refractivity contribution in [1.29, 1.82) is 0 Å². The number of ketones is 1. The molecule has 3 rings (SSSR count). The average Bonchev–Trinajstić information content (AvgIpc) is 2.53. The van der Waals surface area contributed by atoms with Crippen LogP contribution in [0, 0.1) is 0 Å². The van der Waals surface area contributed by atoms with E-state index in [1.165, 1.54) is 24.0 Å². The average molecular weight is 297 g/mol. The van der Waals surface area contributed by atoms with Gasteiger partial charge in [-0.2, -0.15) is 0 Å². The number of benzene rings is 2. The third-order valence-electron chi connectivity index (χ3n) is 3.95. The standard InChI is InChI=1S/C19H17ClO/c20-18-8-4-3-6-15(18)11-12-19(21)17-10-9-14-5-1-2-7-16(14)13-17/h3-4,6,8-13H,1-2,5,7H2/b12-11+. The number of carbonyl (C=O) groups is 1. The molecule has 0 saturated heterocycles. The smallest absolute Gasteiger partial charge is 0.185 e. The second kappa shape index (κ2) is 6.28. The van der Waals surface area contributed by atoms with Gasteiger partial charge in [-0.15, -0.1) is 0 Å². The summed E-state index contributed by atoms with van der Waals surface area (Å²) in [4.78, 5) is 12.3. The zero-order chi connectivity index (χ0) is 14.7. The van der Waals surface area contributed by atoms with Crippen molar-refractivity contribution < 1.29 is 4.79 Å². The van der Waals surface area contributed by atoms with Gasteiger partial charge in [-0.25, -0.2) is 0 Å². The maximum atomic E-state index is 12.3. The molecular weight excluding hydrogens is 280 g/mol. The molecule has 0 heterocycles. The van der Waals surface area contributed by atoms with Crippen LogP contribution in [-0.4, -0.2) is 5.78 Å². The number of halogens is 1. The first-order valence-corrected chi connectivity index (χ1v) is 7.70. The van der Waals surface area contributed by atoms with Crippen LogP contribution < -0.4 is 0 Å². The number of hydrogen-bond acceptors (Lipinski definition) is 1. The molecule has 2 aromatic carbocycles. The van der Waals surface area contributed by atoms with Gasteiger partial charge in [-0.3, -0.25) is 4.79 Å². The van der Waals surface area contributed by atoms with E-state index in [1.54, 1.807) is 12.2 Å². The predicted octanol–water partition coefficient (Wildman–Crippen LogP) is 5.11. The van der Waals surface area contributed by atoms with Gasteiger partial charge in [-0.05, 0) is 66.7 Å². The Morgan fingerprint density at radius 2 is 1.76 bits per heavy atom. The fraction of sp³-hybridized carbons (Fsp3) is 0.211. The van der Waals surface area contributed by atoms with E-state index in [-0.39, 0.29) is 5.78 Å². The summed E-state index contributed by atoms with van der Waals surface area (Å²) in [6, 6.07) is 13.6. The lowest BCUT2D eigenvalue weighted by Crippen LogP contribution is -2.05. The fourth-order valence-electron chi connectivity index (χ4n) is 2.76. The normalized spacial score (nSPS) is 14.1. The van der Waals surface area contributed by atoms with Crippen LogP contribution in [0.4, 0.5) is 0 Å². The van der Waals surface area contributed by atoms with E-state index in [1.807, 2.05) is 36.4 Å². The van der Waals surface area contributed by atoms with Crippen molar-refractivity contribution in [2.24, 2.45) is 0 Å². The highest BCUT2D eigenvalue weighted by Crippen LogP contribution is 2.23. The number of fused-ring (bicyclic) bond motifs is 1. The number of carbonyl (C=O) groups excluding carboxylic acids is 1. The summed E-state index contributed by atoms with van der Waals surface area (Å²) in [7, 11) is 0. The van der Waals surface area contributed by atoms with Gasteiger partial charge in [-0.1, -0.05) is 41.9 Å². The van der Waals surface area contributed by atoms with Crippen molar-refractivity contribution in [2.75, 3.05) is 0 Å². The van der Waals surface area contributed by atoms with Crippen LogP contribution in [-0.2, 0) is 12.8 Å². The summed E-state index contributed by atoms with van der Waals surface area (Å²) in [5.74, 6) is 0.0308. The van der Waals surface area contributed by atoms with E-state index in [0.717, 1.165) is 24.0 Å². The Morgan fingerprint density at radius 1 is 1.00 bits per heavy atom. The lowest BCUT2D eigenvalue weighted by atomic mass is 9.90. The first kappa shape index (κ1) is 14.1. The van der Waals surface area contributed by atoms with Crippen molar-refractivity contribution in [2.45, 2.75) is 25.7 Å². The van der Waals surface area contributed by atoms with Crippen molar-refractivity contribution in [3.8, 4) is 0 Å². The highest BCUT2D eigenvalue weighted by Gasteiger charge is 2.11. The summed E-state index contributed by atoms with van der Waals surface area (Å²) in [6.07, 6.45) is 8.09. The van der Waals surface area contributed by atoms with Gasteiger partial charge in [0.1, 0.15) is 0 Å². The highest BCUT2D eigenvalue weighted by atomic mass is 35.5. The molecule has 1 aliphatic carbocycles. The van der Waals surface area contributed by atoms with Crippen molar-refractivity contribution >= 4 is 23.5 Å². The molecule has 106 valence electrons. The number of hydrogen-bond donors (Lipinski definition) is 0. The van der Waals surface area contributed by atoms with Gasteiger partial charge >= 0.3 is 0 Å². The Hall–Kier alpha value is -1.86. The molecule has 0 N–H and O–H groups in total. The molecule has 0 bridgehead atoms. The quantitative estimate of drug-likeness (QED) is 0.568. The van der Waals surface area contributed by atoms with Crippen LogP contribution in [0.5, 0.6) is 0 Å². The van der Waals surface area contributed by atoms with E-state index in [2.05, 4.69) is 6.07 Å². The van der Waals surface area contributed by atoms with Gasteiger partial charge < -0.3 is 0 Å². The Kier molecular flexibility index (Phi) is 4.21. The van der Waals surface area contributed by atoms with Crippen LogP contribution in [0.25, 0.3) is 6.08 Å². The van der Waals surface area contributed by atoms with Gasteiger partial charge in [0.25, 0.3) is 0 Å². The molecule has 2 heteroatoms. The number of aryl methyl sites for hydroxylation is 2. The lowest BCUT2D eigenvalue weighted by Gasteiger charge is -2.15. The van der Waals surface area contributed by atoms with Gasteiger partial charge in [0.15, 0.2) is 5.78 Å². The summed E-state index contributed by atoms with van der Waals surface area (Å²) >= 11 is 6.09. The monoisotopic (exact) mass is 296 g/mol. The maximum Gasteiger partial charge on any atom is 0.185 e. The Labute approximate surface area is 130 Å². The number of rotatable bonds is 3. The summed E-state index contributed by atoms with van der Waals surface area (Å²) < 4.78 is 0. The minimum atomic E-state index is 0.0308. The second-order valence-corrected chi connectivity index (χ2v) is 5.82. The highest BCUT2D eigenvalue weighted by molar-refractivity contribution is 6.32. The Balaban J connectivity index is 1.81. The first-order valence-electron chi connectivity index (χ1n) is 7.33. The molecule has 0 spiro atoms. The maximum absolute atomic E-state index is 12.3. The molecular formula is C19H17ClO. The molecule has 0 unspecified atom stereocenters. The SMILES string of the molecule is O=C(/C=C/c1ccccc1Cl)c1ccc2c(c1)CCCC2. The van der Waals surface area contributed by atoms with Crippen molar-refractivity contribution in [1.82, 2.24) is 0 Å². The third-order valence-corrected chi connectivity index (χ3v) is 4.30. The molecule has 0 atom stereocenters. The molecule has 0 amide bonds.